The topological polar surface area (TPSA) is 29.3 Å². The lowest BCUT2D eigenvalue weighted by Crippen LogP contribution is -2.31. The zero-order chi connectivity index (χ0) is 14.9. The van der Waals surface area contributed by atoms with Gasteiger partial charge in [0.2, 0.25) is 0 Å². The Balaban J connectivity index is 1.64. The molecule has 3 rings (SSSR count). The zero-order valence-electron chi connectivity index (χ0n) is 12.1. The van der Waals surface area contributed by atoms with Crippen molar-refractivity contribution in [2.45, 2.75) is 25.8 Å². The van der Waals surface area contributed by atoms with Crippen LogP contribution in [0.3, 0.4) is 0 Å². The first-order chi connectivity index (χ1) is 10.0. The molecule has 3 heterocycles. The molecule has 3 aromatic heterocycles. The van der Waals surface area contributed by atoms with E-state index >= 15 is 0 Å². The maximum absolute atomic E-state index is 5.99. The first kappa shape index (κ1) is 14.6. The number of hydrogen-bond donors (Lipinski definition) is 1. The van der Waals surface area contributed by atoms with Gasteiger partial charge in [-0.2, -0.15) is 0 Å². The number of hydrogen-bond acceptors (Lipinski definition) is 3. The Hall–Kier alpha value is -1.36. The van der Waals surface area contributed by atoms with Crippen molar-refractivity contribution >= 4 is 28.6 Å². The van der Waals surface area contributed by atoms with Gasteiger partial charge in [-0.05, 0) is 23.6 Å². The molecule has 0 saturated heterocycles. The minimum absolute atomic E-state index is 0.136. The summed E-state index contributed by atoms with van der Waals surface area (Å²) in [5, 5.41) is 6.35. The van der Waals surface area contributed by atoms with Crippen molar-refractivity contribution in [2.24, 2.45) is 0 Å². The summed E-state index contributed by atoms with van der Waals surface area (Å²) >= 11 is 7.79. The maximum Gasteiger partial charge on any atom is 0.137 e. The molecule has 0 spiro atoms. The van der Waals surface area contributed by atoms with E-state index in [9.17, 15) is 0 Å². The van der Waals surface area contributed by atoms with Gasteiger partial charge in [0.15, 0.2) is 0 Å². The van der Waals surface area contributed by atoms with Crippen LogP contribution >= 0.6 is 22.9 Å². The van der Waals surface area contributed by atoms with Crippen LogP contribution in [0.1, 0.15) is 24.4 Å². The first-order valence-electron chi connectivity index (χ1n) is 6.92. The standard InChI is InChI=1S/C16H18ClN3S/c1-16(2,14-4-3-7-21-14)11-18-8-13-10-20-9-12(17)5-6-15(20)19-13/h3-7,9-10,18H,8,11H2,1-2H3. The number of thiophene rings is 1. The van der Waals surface area contributed by atoms with Crippen molar-refractivity contribution in [3.05, 3.63) is 57.6 Å². The van der Waals surface area contributed by atoms with Gasteiger partial charge in [0.05, 0.1) is 10.7 Å². The van der Waals surface area contributed by atoms with Gasteiger partial charge < -0.3 is 9.72 Å². The van der Waals surface area contributed by atoms with Gasteiger partial charge in [-0.15, -0.1) is 11.3 Å². The highest BCUT2D eigenvalue weighted by Gasteiger charge is 2.21. The summed E-state index contributed by atoms with van der Waals surface area (Å²) in [4.78, 5) is 5.98. The third-order valence-electron chi connectivity index (χ3n) is 3.53. The first-order valence-corrected chi connectivity index (χ1v) is 8.18. The number of nitrogens with one attached hydrogen (secondary N) is 1. The molecule has 110 valence electrons. The molecule has 1 N–H and O–H groups in total. The SMILES string of the molecule is CC(C)(CNCc1cn2cc(Cl)ccc2n1)c1cccs1. The van der Waals surface area contributed by atoms with Crippen molar-refractivity contribution in [3.8, 4) is 0 Å². The van der Waals surface area contributed by atoms with Crippen LogP contribution in [0, 0.1) is 0 Å². The second-order valence-corrected chi connectivity index (χ2v) is 7.19. The predicted octanol–water partition coefficient (Wildman–Crippen LogP) is 4.12. The Morgan fingerprint density at radius 3 is 2.90 bits per heavy atom. The summed E-state index contributed by atoms with van der Waals surface area (Å²) in [6.45, 7) is 6.20. The molecular formula is C16H18ClN3S. The van der Waals surface area contributed by atoms with Crippen LogP contribution < -0.4 is 5.32 Å². The molecule has 3 aromatic rings. The molecule has 0 aliphatic carbocycles. The summed E-state index contributed by atoms with van der Waals surface area (Å²) in [7, 11) is 0. The molecule has 0 unspecified atom stereocenters. The second-order valence-electron chi connectivity index (χ2n) is 5.81. The quantitative estimate of drug-likeness (QED) is 0.766. The third-order valence-corrected chi connectivity index (χ3v) is 4.99. The van der Waals surface area contributed by atoms with E-state index in [0.717, 1.165) is 29.5 Å². The van der Waals surface area contributed by atoms with Crippen molar-refractivity contribution < 1.29 is 0 Å². The van der Waals surface area contributed by atoms with Gasteiger partial charge in [-0.25, -0.2) is 4.98 Å². The predicted molar refractivity (Wildman–Crippen MR) is 89.3 cm³/mol. The lowest BCUT2D eigenvalue weighted by Gasteiger charge is -2.23. The minimum atomic E-state index is 0.136. The zero-order valence-corrected chi connectivity index (χ0v) is 13.7. The van der Waals surface area contributed by atoms with Crippen LogP contribution in [-0.4, -0.2) is 15.9 Å². The van der Waals surface area contributed by atoms with Gasteiger partial charge >= 0.3 is 0 Å². The summed E-state index contributed by atoms with van der Waals surface area (Å²) < 4.78 is 1.96. The molecular weight excluding hydrogens is 302 g/mol. The van der Waals surface area contributed by atoms with Crippen LogP contribution in [-0.2, 0) is 12.0 Å². The largest absolute Gasteiger partial charge is 0.310 e. The van der Waals surface area contributed by atoms with E-state index < -0.39 is 0 Å². The second kappa shape index (κ2) is 5.79. The molecule has 0 aliphatic rings. The van der Waals surface area contributed by atoms with Crippen molar-refractivity contribution in [3.63, 3.8) is 0 Å². The van der Waals surface area contributed by atoms with Crippen LogP contribution in [0.5, 0.6) is 0 Å². The molecule has 0 atom stereocenters. The molecule has 0 saturated carbocycles. The van der Waals surface area contributed by atoms with Crippen LogP contribution in [0.15, 0.2) is 42.0 Å². The number of imidazole rings is 1. The number of aromatic nitrogens is 2. The molecule has 0 bridgehead atoms. The number of rotatable bonds is 5. The number of nitrogens with zero attached hydrogens (tertiary/aromatic N) is 2. The Morgan fingerprint density at radius 1 is 1.29 bits per heavy atom. The molecule has 5 heteroatoms. The number of fused-ring (bicyclic) bond motifs is 1. The van der Waals surface area contributed by atoms with E-state index in [2.05, 4.69) is 41.7 Å². The molecule has 0 aliphatic heterocycles. The minimum Gasteiger partial charge on any atom is -0.310 e. The average Bonchev–Trinajstić information content (AvgIpc) is 3.06. The lowest BCUT2D eigenvalue weighted by atomic mass is 9.91. The Bertz CT molecular complexity index is 731. The van der Waals surface area contributed by atoms with E-state index in [0.29, 0.717) is 0 Å². The van der Waals surface area contributed by atoms with E-state index in [1.165, 1.54) is 4.88 Å². The van der Waals surface area contributed by atoms with Crippen LogP contribution in [0.2, 0.25) is 5.02 Å². The van der Waals surface area contributed by atoms with E-state index in [-0.39, 0.29) is 5.41 Å². The summed E-state index contributed by atoms with van der Waals surface area (Å²) in [5.41, 5.74) is 2.09. The molecule has 0 radical (unpaired) electrons. The Kier molecular flexibility index (Phi) is 4.02. The monoisotopic (exact) mass is 319 g/mol. The van der Waals surface area contributed by atoms with Gasteiger partial charge in [0.1, 0.15) is 5.65 Å². The smallest absolute Gasteiger partial charge is 0.137 e. The fraction of sp³-hybridized carbons (Fsp3) is 0.312. The third kappa shape index (κ3) is 3.28. The van der Waals surface area contributed by atoms with Gasteiger partial charge in [0.25, 0.3) is 0 Å². The molecule has 21 heavy (non-hydrogen) atoms. The summed E-state index contributed by atoms with van der Waals surface area (Å²) in [6.07, 6.45) is 3.90. The molecule has 0 aromatic carbocycles. The van der Waals surface area contributed by atoms with Gasteiger partial charge in [-0.1, -0.05) is 31.5 Å². The Morgan fingerprint density at radius 2 is 2.14 bits per heavy atom. The Labute approximate surface area is 133 Å². The van der Waals surface area contributed by atoms with Crippen molar-refractivity contribution in [2.75, 3.05) is 6.54 Å². The van der Waals surface area contributed by atoms with E-state index in [1.54, 1.807) is 0 Å². The molecule has 0 fully saturated rings. The van der Waals surface area contributed by atoms with Gasteiger partial charge in [-0.3, -0.25) is 0 Å². The summed E-state index contributed by atoms with van der Waals surface area (Å²) in [6, 6.07) is 8.09. The van der Waals surface area contributed by atoms with Gasteiger partial charge in [0, 0.05) is 35.8 Å². The lowest BCUT2D eigenvalue weighted by molar-refractivity contribution is 0.475. The molecule has 3 nitrogen and oxygen atoms in total. The fourth-order valence-electron chi connectivity index (χ4n) is 2.36. The van der Waals surface area contributed by atoms with Crippen molar-refractivity contribution in [1.82, 2.24) is 14.7 Å². The summed E-state index contributed by atoms with van der Waals surface area (Å²) in [5.74, 6) is 0. The van der Waals surface area contributed by atoms with E-state index in [4.69, 9.17) is 11.6 Å². The van der Waals surface area contributed by atoms with Crippen LogP contribution in [0.25, 0.3) is 5.65 Å². The highest BCUT2D eigenvalue weighted by atomic mass is 35.5. The highest BCUT2D eigenvalue weighted by Crippen LogP contribution is 2.26. The van der Waals surface area contributed by atoms with Crippen molar-refractivity contribution in [1.29, 1.82) is 0 Å². The maximum atomic E-state index is 5.99. The normalized spacial score (nSPS) is 12.1. The van der Waals surface area contributed by atoms with Crippen LogP contribution in [0.4, 0.5) is 0 Å². The average molecular weight is 320 g/mol. The number of pyridine rings is 1. The van der Waals surface area contributed by atoms with E-state index in [1.807, 2.05) is 40.3 Å². The number of halogens is 1. The highest BCUT2D eigenvalue weighted by molar-refractivity contribution is 7.10. The fourth-order valence-corrected chi connectivity index (χ4v) is 3.38. The molecule has 0 amide bonds.